The fourth-order valence-corrected chi connectivity index (χ4v) is 2.39. The van der Waals surface area contributed by atoms with Gasteiger partial charge in [0.05, 0.1) is 6.42 Å². The van der Waals surface area contributed by atoms with Crippen LogP contribution in [-0.4, -0.2) is 17.6 Å². The van der Waals surface area contributed by atoms with Gasteiger partial charge in [-0.15, -0.1) is 0 Å². The van der Waals surface area contributed by atoms with E-state index in [0.29, 0.717) is 13.1 Å². The molecule has 0 aliphatic rings. The van der Waals surface area contributed by atoms with Gasteiger partial charge in [-0.3, -0.25) is 4.79 Å². The maximum Gasteiger partial charge on any atom is 0.305 e. The third kappa shape index (κ3) is 4.32. The molecule has 0 fully saturated rings. The zero-order valence-electron chi connectivity index (χ0n) is 12.8. The second-order valence-corrected chi connectivity index (χ2v) is 5.48. The first kappa shape index (κ1) is 16.0. The molecule has 0 unspecified atom stereocenters. The maximum atomic E-state index is 13.0. The second kappa shape index (κ2) is 7.07. The number of anilines is 1. The number of nitrogens with zero attached hydrogens (tertiary/aromatic N) is 1. The number of benzene rings is 2. The summed E-state index contributed by atoms with van der Waals surface area (Å²) in [4.78, 5) is 12.9. The molecule has 2 rings (SSSR count). The number of hydrogen-bond donors (Lipinski definition) is 1. The Balaban J connectivity index is 2.27. The molecule has 0 atom stereocenters. The van der Waals surface area contributed by atoms with E-state index in [2.05, 4.69) is 6.07 Å². The zero-order chi connectivity index (χ0) is 16.1. The average molecular weight is 301 g/mol. The van der Waals surface area contributed by atoms with E-state index in [4.69, 9.17) is 5.11 Å². The third-order valence-electron chi connectivity index (χ3n) is 3.59. The van der Waals surface area contributed by atoms with Gasteiger partial charge in [0.25, 0.3) is 0 Å². The Morgan fingerprint density at radius 2 is 1.82 bits per heavy atom. The molecule has 0 heterocycles. The minimum atomic E-state index is -0.825. The summed E-state index contributed by atoms with van der Waals surface area (Å²) in [5, 5.41) is 8.96. The maximum absolute atomic E-state index is 13.0. The standard InChI is InChI=1S/C18H20FNO2/c1-13-3-4-14(2)17(11-13)20(10-9-18(21)22)12-15-5-7-16(19)8-6-15/h3-8,11H,9-10,12H2,1-2H3,(H,21,22). The van der Waals surface area contributed by atoms with Gasteiger partial charge in [0.15, 0.2) is 0 Å². The van der Waals surface area contributed by atoms with Gasteiger partial charge >= 0.3 is 5.97 Å². The highest BCUT2D eigenvalue weighted by atomic mass is 19.1. The lowest BCUT2D eigenvalue weighted by Gasteiger charge is -2.26. The SMILES string of the molecule is Cc1ccc(C)c(N(CCC(=O)O)Cc2ccc(F)cc2)c1. The van der Waals surface area contributed by atoms with E-state index < -0.39 is 5.97 Å². The number of aryl methyl sites for hydroxylation is 2. The average Bonchev–Trinajstić information content (AvgIpc) is 2.48. The van der Waals surface area contributed by atoms with E-state index >= 15 is 0 Å². The van der Waals surface area contributed by atoms with Crippen LogP contribution in [0.2, 0.25) is 0 Å². The Morgan fingerprint density at radius 1 is 1.14 bits per heavy atom. The van der Waals surface area contributed by atoms with Crippen LogP contribution in [0.4, 0.5) is 10.1 Å². The predicted molar refractivity (Wildman–Crippen MR) is 85.6 cm³/mol. The van der Waals surface area contributed by atoms with Crippen molar-refractivity contribution in [2.24, 2.45) is 0 Å². The van der Waals surface area contributed by atoms with Crippen molar-refractivity contribution in [1.82, 2.24) is 0 Å². The van der Waals surface area contributed by atoms with Gasteiger partial charge in [-0.25, -0.2) is 4.39 Å². The van der Waals surface area contributed by atoms with Crippen molar-refractivity contribution >= 4 is 11.7 Å². The van der Waals surface area contributed by atoms with Crippen LogP contribution in [-0.2, 0) is 11.3 Å². The van der Waals surface area contributed by atoms with E-state index in [-0.39, 0.29) is 12.2 Å². The molecular formula is C18H20FNO2. The van der Waals surface area contributed by atoms with Crippen molar-refractivity contribution < 1.29 is 14.3 Å². The lowest BCUT2D eigenvalue weighted by Crippen LogP contribution is -2.26. The quantitative estimate of drug-likeness (QED) is 0.879. The summed E-state index contributed by atoms with van der Waals surface area (Å²) in [5.41, 5.74) is 4.19. The van der Waals surface area contributed by atoms with E-state index in [1.165, 1.54) is 12.1 Å². The van der Waals surface area contributed by atoms with Crippen LogP contribution < -0.4 is 4.90 Å². The summed E-state index contributed by atoms with van der Waals surface area (Å²) in [5.74, 6) is -1.10. The number of rotatable bonds is 6. The Hall–Kier alpha value is -2.36. The van der Waals surface area contributed by atoms with Crippen LogP contribution in [0.25, 0.3) is 0 Å². The fourth-order valence-electron chi connectivity index (χ4n) is 2.39. The summed E-state index contributed by atoms with van der Waals surface area (Å²) in [6, 6.07) is 12.4. The van der Waals surface area contributed by atoms with Gasteiger partial charge in [0.1, 0.15) is 5.82 Å². The molecule has 1 N–H and O–H groups in total. The van der Waals surface area contributed by atoms with Crippen LogP contribution in [0.5, 0.6) is 0 Å². The van der Waals surface area contributed by atoms with Crippen LogP contribution in [0.15, 0.2) is 42.5 Å². The van der Waals surface area contributed by atoms with Crippen LogP contribution in [0.1, 0.15) is 23.1 Å². The summed E-state index contributed by atoms with van der Waals surface area (Å²) in [6.07, 6.45) is 0.0641. The molecule has 2 aromatic carbocycles. The third-order valence-corrected chi connectivity index (χ3v) is 3.59. The minimum absolute atomic E-state index is 0.0641. The molecule has 0 aromatic heterocycles. The molecule has 0 saturated heterocycles. The predicted octanol–water partition coefficient (Wildman–Crippen LogP) is 3.92. The molecule has 22 heavy (non-hydrogen) atoms. The second-order valence-electron chi connectivity index (χ2n) is 5.48. The zero-order valence-corrected chi connectivity index (χ0v) is 12.8. The molecule has 0 aliphatic carbocycles. The molecule has 3 nitrogen and oxygen atoms in total. The molecule has 0 aliphatic heterocycles. The molecule has 0 bridgehead atoms. The van der Waals surface area contributed by atoms with E-state index in [1.54, 1.807) is 12.1 Å². The highest BCUT2D eigenvalue weighted by Gasteiger charge is 2.12. The number of carboxylic acid groups (broad SMARTS) is 1. The molecule has 0 saturated carbocycles. The van der Waals surface area contributed by atoms with Gasteiger partial charge in [-0.2, -0.15) is 0 Å². The van der Waals surface area contributed by atoms with Gasteiger partial charge < -0.3 is 10.0 Å². The Kier molecular flexibility index (Phi) is 5.15. The fraction of sp³-hybridized carbons (Fsp3) is 0.278. The highest BCUT2D eigenvalue weighted by Crippen LogP contribution is 2.24. The molecule has 4 heteroatoms. The minimum Gasteiger partial charge on any atom is -0.481 e. The van der Waals surface area contributed by atoms with Crippen molar-refractivity contribution in [3.63, 3.8) is 0 Å². The first-order chi connectivity index (χ1) is 10.5. The lowest BCUT2D eigenvalue weighted by molar-refractivity contribution is -0.136. The van der Waals surface area contributed by atoms with Crippen LogP contribution in [0, 0.1) is 19.7 Å². The number of hydrogen-bond acceptors (Lipinski definition) is 2. The Labute approximate surface area is 130 Å². The molecule has 0 radical (unpaired) electrons. The first-order valence-corrected chi connectivity index (χ1v) is 7.24. The normalized spacial score (nSPS) is 10.5. The van der Waals surface area contributed by atoms with Gasteiger partial charge in [-0.1, -0.05) is 24.3 Å². The molecule has 2 aromatic rings. The smallest absolute Gasteiger partial charge is 0.305 e. The van der Waals surface area contributed by atoms with Crippen molar-refractivity contribution in [1.29, 1.82) is 0 Å². The number of halogens is 1. The first-order valence-electron chi connectivity index (χ1n) is 7.24. The van der Waals surface area contributed by atoms with Crippen molar-refractivity contribution in [3.05, 3.63) is 65.0 Å². The largest absolute Gasteiger partial charge is 0.481 e. The number of aliphatic carboxylic acids is 1. The Morgan fingerprint density at radius 3 is 2.45 bits per heavy atom. The van der Waals surface area contributed by atoms with E-state index in [1.807, 2.05) is 30.9 Å². The van der Waals surface area contributed by atoms with Crippen molar-refractivity contribution in [2.75, 3.05) is 11.4 Å². The summed E-state index contributed by atoms with van der Waals surface area (Å²) < 4.78 is 13.0. The molecule has 0 amide bonds. The van der Waals surface area contributed by atoms with Crippen LogP contribution >= 0.6 is 0 Å². The number of carbonyl (C=O) groups is 1. The monoisotopic (exact) mass is 301 g/mol. The van der Waals surface area contributed by atoms with Crippen molar-refractivity contribution in [2.45, 2.75) is 26.8 Å². The lowest BCUT2D eigenvalue weighted by atomic mass is 10.1. The van der Waals surface area contributed by atoms with Crippen LogP contribution in [0.3, 0.4) is 0 Å². The summed E-state index contributed by atoms with van der Waals surface area (Å²) in [6.45, 7) is 4.98. The summed E-state index contributed by atoms with van der Waals surface area (Å²) in [7, 11) is 0. The topological polar surface area (TPSA) is 40.5 Å². The van der Waals surface area contributed by atoms with Crippen molar-refractivity contribution in [3.8, 4) is 0 Å². The molecular weight excluding hydrogens is 281 g/mol. The molecule has 116 valence electrons. The van der Waals surface area contributed by atoms with E-state index in [0.717, 1.165) is 22.4 Å². The van der Waals surface area contributed by atoms with E-state index in [9.17, 15) is 9.18 Å². The summed E-state index contributed by atoms with van der Waals surface area (Å²) >= 11 is 0. The Bertz CT molecular complexity index is 653. The molecule has 0 spiro atoms. The number of carboxylic acids is 1. The van der Waals surface area contributed by atoms with Gasteiger partial charge in [0.2, 0.25) is 0 Å². The highest BCUT2D eigenvalue weighted by molar-refractivity contribution is 5.68. The van der Waals surface area contributed by atoms with Gasteiger partial charge in [0, 0.05) is 18.8 Å². The van der Waals surface area contributed by atoms with Gasteiger partial charge in [-0.05, 0) is 48.7 Å².